The first-order valence-electron chi connectivity index (χ1n) is 12.1. The van der Waals surface area contributed by atoms with Crippen molar-refractivity contribution in [3.8, 4) is 5.75 Å². The normalized spacial score (nSPS) is 15.0. The minimum atomic E-state index is -0.470. The third kappa shape index (κ3) is 6.23. The number of esters is 1. The number of hydrogen-bond donors (Lipinski definition) is 1. The molecule has 1 N–H and O–H groups in total. The van der Waals surface area contributed by atoms with Crippen molar-refractivity contribution in [2.75, 3.05) is 11.1 Å². The number of unbranched alkanes of at least 4 members (excludes halogenated alkanes) is 1. The van der Waals surface area contributed by atoms with Gasteiger partial charge in [-0.3, -0.25) is 0 Å². The number of nitrogens with zero attached hydrogens (tertiary/aromatic N) is 3. The van der Waals surface area contributed by atoms with Crippen LogP contribution in [0.2, 0.25) is 5.02 Å². The Morgan fingerprint density at radius 3 is 2.69 bits per heavy atom. The lowest BCUT2D eigenvalue weighted by molar-refractivity contribution is -0.143. The average Bonchev–Trinajstić information content (AvgIpc) is 3.24. The van der Waals surface area contributed by atoms with Crippen molar-refractivity contribution < 1.29 is 14.3 Å². The van der Waals surface area contributed by atoms with Crippen LogP contribution in [-0.4, -0.2) is 32.6 Å². The molecule has 0 saturated heterocycles. The van der Waals surface area contributed by atoms with Crippen LogP contribution in [0.4, 0.5) is 5.95 Å². The number of allylic oxidation sites excluding steroid dienone is 1. The van der Waals surface area contributed by atoms with Crippen LogP contribution in [0.5, 0.6) is 5.75 Å². The molecule has 3 aromatic rings. The highest BCUT2D eigenvalue weighted by Gasteiger charge is 2.35. The van der Waals surface area contributed by atoms with Crippen molar-refractivity contribution in [3.63, 3.8) is 0 Å². The molecule has 4 rings (SSSR count). The Kier molecular flexibility index (Phi) is 8.59. The summed E-state index contributed by atoms with van der Waals surface area (Å²) in [5, 5.41) is 9.36. The highest BCUT2D eigenvalue weighted by Crippen LogP contribution is 2.37. The zero-order chi connectivity index (χ0) is 25.7. The lowest BCUT2D eigenvalue weighted by Gasteiger charge is -2.28. The van der Waals surface area contributed by atoms with Gasteiger partial charge in [0.05, 0.1) is 11.7 Å². The number of carbonyl (C=O) groups is 1. The maximum Gasteiger partial charge on any atom is 0.338 e. The third-order valence-corrected chi connectivity index (χ3v) is 6.77. The molecule has 0 spiro atoms. The van der Waals surface area contributed by atoms with Gasteiger partial charge in [-0.2, -0.15) is 4.98 Å². The van der Waals surface area contributed by atoms with E-state index in [2.05, 4.69) is 17.2 Å². The molecule has 7 nitrogen and oxygen atoms in total. The van der Waals surface area contributed by atoms with Crippen LogP contribution in [0.25, 0.3) is 0 Å². The summed E-state index contributed by atoms with van der Waals surface area (Å²) >= 11 is 7.69. The summed E-state index contributed by atoms with van der Waals surface area (Å²) in [6, 6.07) is 14.8. The summed E-state index contributed by atoms with van der Waals surface area (Å²) in [7, 11) is 0. The van der Waals surface area contributed by atoms with Crippen LogP contribution in [0.3, 0.4) is 0 Å². The highest BCUT2D eigenvalue weighted by molar-refractivity contribution is 7.99. The molecule has 36 heavy (non-hydrogen) atoms. The number of thioether (sulfide) groups is 1. The number of aromatic nitrogens is 3. The van der Waals surface area contributed by atoms with Crippen LogP contribution in [0.15, 0.2) is 65.0 Å². The number of anilines is 1. The first kappa shape index (κ1) is 26.1. The van der Waals surface area contributed by atoms with E-state index in [-0.39, 0.29) is 12.1 Å². The molecule has 1 aliphatic rings. The van der Waals surface area contributed by atoms with E-state index in [0.29, 0.717) is 39.8 Å². The van der Waals surface area contributed by atoms with E-state index in [1.165, 1.54) is 0 Å². The average molecular weight is 527 g/mol. The summed E-state index contributed by atoms with van der Waals surface area (Å²) in [5.74, 6) is 1.90. The lowest BCUT2D eigenvalue weighted by Crippen LogP contribution is -2.30. The van der Waals surface area contributed by atoms with Gasteiger partial charge in [-0.25, -0.2) is 9.48 Å². The molecule has 190 valence electrons. The van der Waals surface area contributed by atoms with Gasteiger partial charge in [0.1, 0.15) is 18.4 Å². The van der Waals surface area contributed by atoms with Gasteiger partial charge in [0, 0.05) is 16.5 Å². The van der Waals surface area contributed by atoms with Crippen molar-refractivity contribution in [3.05, 3.63) is 76.0 Å². The van der Waals surface area contributed by atoms with Crippen molar-refractivity contribution in [2.24, 2.45) is 0 Å². The van der Waals surface area contributed by atoms with Crippen molar-refractivity contribution in [2.45, 2.75) is 64.4 Å². The first-order valence-corrected chi connectivity index (χ1v) is 13.5. The van der Waals surface area contributed by atoms with Gasteiger partial charge in [-0.05, 0) is 62.6 Å². The standard InChI is InChI=1S/C27H31ClN4O3S/c1-5-6-14-36-27-30-26-29-18(4)23(25(33)35-17(2)3)24(32(26)31-27)20-10-12-22(13-11-20)34-16-19-8-7-9-21(28)15-19/h7-13,15,17,24H,5-6,14,16H2,1-4H3,(H,29,30,31). The number of carbonyl (C=O) groups excluding carboxylic acids is 1. The minimum Gasteiger partial charge on any atom is -0.489 e. The van der Waals surface area contributed by atoms with Crippen molar-refractivity contribution in [1.29, 1.82) is 0 Å². The molecule has 0 aliphatic carbocycles. The fraction of sp³-hybridized carbons (Fsp3) is 0.370. The van der Waals surface area contributed by atoms with E-state index in [0.717, 1.165) is 29.7 Å². The Morgan fingerprint density at radius 2 is 2.00 bits per heavy atom. The first-order chi connectivity index (χ1) is 17.4. The molecular formula is C27H31ClN4O3S. The number of fused-ring (bicyclic) bond motifs is 1. The molecule has 0 radical (unpaired) electrons. The fourth-order valence-corrected chi connectivity index (χ4v) is 5.02. The predicted molar refractivity (Wildman–Crippen MR) is 144 cm³/mol. The van der Waals surface area contributed by atoms with Crippen LogP contribution in [-0.2, 0) is 16.1 Å². The Hall–Kier alpha value is -2.97. The molecule has 2 aromatic carbocycles. The largest absolute Gasteiger partial charge is 0.489 e. The molecule has 0 fully saturated rings. The van der Waals surface area contributed by atoms with Crippen molar-refractivity contribution >= 4 is 35.3 Å². The van der Waals surface area contributed by atoms with E-state index < -0.39 is 6.04 Å². The van der Waals surface area contributed by atoms with Crippen LogP contribution < -0.4 is 10.1 Å². The van der Waals surface area contributed by atoms with E-state index in [9.17, 15) is 4.79 Å². The SMILES string of the molecule is CCCCSc1nc2n(n1)C(c1ccc(OCc3cccc(Cl)c3)cc1)C(C(=O)OC(C)C)=C(C)N2. The second kappa shape index (κ2) is 11.8. The molecule has 0 amide bonds. The number of halogens is 1. The zero-order valence-corrected chi connectivity index (χ0v) is 22.5. The van der Waals surface area contributed by atoms with E-state index in [1.54, 1.807) is 16.4 Å². The van der Waals surface area contributed by atoms with E-state index >= 15 is 0 Å². The monoisotopic (exact) mass is 526 g/mol. The molecule has 1 atom stereocenters. The molecule has 1 unspecified atom stereocenters. The Bertz CT molecular complexity index is 1240. The second-order valence-electron chi connectivity index (χ2n) is 8.87. The number of ether oxygens (including phenoxy) is 2. The summed E-state index contributed by atoms with van der Waals surface area (Å²) in [6.45, 7) is 8.12. The van der Waals surface area contributed by atoms with Gasteiger partial charge >= 0.3 is 5.97 Å². The van der Waals surface area contributed by atoms with Crippen LogP contribution in [0, 0.1) is 0 Å². The molecule has 9 heteroatoms. The molecule has 0 saturated carbocycles. The number of rotatable bonds is 10. The fourth-order valence-electron chi connectivity index (χ4n) is 3.89. The maximum absolute atomic E-state index is 13.2. The Labute approximate surface area is 221 Å². The van der Waals surface area contributed by atoms with Gasteiger partial charge in [-0.1, -0.05) is 61.0 Å². The topological polar surface area (TPSA) is 78.3 Å². The lowest BCUT2D eigenvalue weighted by atomic mass is 9.95. The van der Waals surface area contributed by atoms with E-state index in [1.807, 2.05) is 69.3 Å². The van der Waals surface area contributed by atoms with E-state index in [4.69, 9.17) is 26.2 Å². The summed E-state index contributed by atoms with van der Waals surface area (Å²) in [4.78, 5) is 17.8. The molecule has 2 heterocycles. The third-order valence-electron chi connectivity index (χ3n) is 5.62. The van der Waals surface area contributed by atoms with Crippen LogP contribution >= 0.6 is 23.4 Å². The highest BCUT2D eigenvalue weighted by atomic mass is 35.5. The summed E-state index contributed by atoms with van der Waals surface area (Å²) in [5.41, 5.74) is 3.09. The molecule has 1 aromatic heterocycles. The van der Waals surface area contributed by atoms with Crippen LogP contribution in [0.1, 0.15) is 57.7 Å². The van der Waals surface area contributed by atoms with Gasteiger partial charge in [0.2, 0.25) is 11.1 Å². The smallest absolute Gasteiger partial charge is 0.338 e. The molecule has 1 aliphatic heterocycles. The number of benzene rings is 2. The number of hydrogen-bond acceptors (Lipinski definition) is 7. The predicted octanol–water partition coefficient (Wildman–Crippen LogP) is 6.64. The summed E-state index contributed by atoms with van der Waals surface area (Å²) < 4.78 is 13.3. The van der Waals surface area contributed by atoms with Gasteiger partial charge < -0.3 is 14.8 Å². The van der Waals surface area contributed by atoms with Gasteiger partial charge in [-0.15, -0.1) is 5.10 Å². The second-order valence-corrected chi connectivity index (χ2v) is 10.4. The zero-order valence-electron chi connectivity index (χ0n) is 21.0. The maximum atomic E-state index is 13.2. The van der Waals surface area contributed by atoms with Gasteiger partial charge in [0.25, 0.3) is 0 Å². The number of nitrogens with one attached hydrogen (secondary N) is 1. The molecular weight excluding hydrogens is 496 g/mol. The Morgan fingerprint density at radius 1 is 1.22 bits per heavy atom. The summed E-state index contributed by atoms with van der Waals surface area (Å²) in [6.07, 6.45) is 1.96. The van der Waals surface area contributed by atoms with Crippen molar-refractivity contribution in [1.82, 2.24) is 14.8 Å². The minimum absolute atomic E-state index is 0.238. The molecule has 0 bridgehead atoms. The quantitative estimate of drug-likeness (QED) is 0.180. The Balaban J connectivity index is 1.62. The van der Waals surface area contributed by atoms with Gasteiger partial charge in [0.15, 0.2) is 0 Å².